The van der Waals surface area contributed by atoms with Crippen molar-refractivity contribution in [1.82, 2.24) is 10.6 Å². The van der Waals surface area contributed by atoms with E-state index in [1.807, 2.05) is 0 Å². The molecule has 0 saturated heterocycles. The van der Waals surface area contributed by atoms with Crippen molar-refractivity contribution in [1.29, 1.82) is 0 Å². The third-order valence-corrected chi connectivity index (χ3v) is 1.94. The molecule has 0 aliphatic heterocycles. The Labute approximate surface area is 93.7 Å². The average molecular weight is 225 g/mol. The van der Waals surface area contributed by atoms with Gasteiger partial charge in [-0.25, -0.2) is 4.79 Å². The van der Waals surface area contributed by atoms with Gasteiger partial charge in [-0.15, -0.1) is 0 Å². The van der Waals surface area contributed by atoms with Crippen LogP contribution < -0.4 is 10.6 Å². The molecule has 0 aliphatic rings. The van der Waals surface area contributed by atoms with Gasteiger partial charge in [0, 0.05) is 14.1 Å². The van der Waals surface area contributed by atoms with E-state index in [0.717, 1.165) is 0 Å². The smallest absolute Gasteiger partial charge is 0.373 e. The zero-order chi connectivity index (χ0) is 12.0. The molecule has 1 aromatic heterocycles. The summed E-state index contributed by atoms with van der Waals surface area (Å²) in [5.41, 5.74) is 0. The van der Waals surface area contributed by atoms with Crippen molar-refractivity contribution in [3.8, 4) is 0 Å². The summed E-state index contributed by atoms with van der Waals surface area (Å²) in [5, 5.41) is 5.87. The van der Waals surface area contributed by atoms with Gasteiger partial charge in [0.1, 0.15) is 5.76 Å². The van der Waals surface area contributed by atoms with Crippen molar-refractivity contribution in [2.75, 3.05) is 21.2 Å². The fraction of sp³-hybridized carbons (Fsp3) is 0.400. The molecular weight excluding hydrogens is 210 g/mol. The van der Waals surface area contributed by atoms with E-state index >= 15 is 0 Å². The number of aliphatic imine (C=N–C) groups is 1. The SMILES string of the molecule is CN=C(NC)NCc1ccc(C(=O)OC)o1. The average Bonchev–Trinajstić information content (AvgIpc) is 2.78. The lowest BCUT2D eigenvalue weighted by Crippen LogP contribution is -2.33. The van der Waals surface area contributed by atoms with Gasteiger partial charge in [0.15, 0.2) is 5.96 Å². The maximum absolute atomic E-state index is 11.1. The van der Waals surface area contributed by atoms with E-state index < -0.39 is 5.97 Å². The molecule has 0 bridgehead atoms. The number of guanidine groups is 1. The number of furan rings is 1. The molecular formula is C10H15N3O3. The van der Waals surface area contributed by atoms with Crippen LogP contribution in [0.25, 0.3) is 0 Å². The fourth-order valence-electron chi connectivity index (χ4n) is 1.13. The molecule has 6 heteroatoms. The second-order valence-electron chi connectivity index (χ2n) is 2.93. The Morgan fingerprint density at radius 1 is 1.56 bits per heavy atom. The van der Waals surface area contributed by atoms with Crippen LogP contribution in [0.3, 0.4) is 0 Å². The highest BCUT2D eigenvalue weighted by atomic mass is 16.5. The molecule has 2 N–H and O–H groups in total. The molecule has 1 heterocycles. The van der Waals surface area contributed by atoms with Gasteiger partial charge in [-0.05, 0) is 12.1 Å². The minimum atomic E-state index is -0.482. The van der Waals surface area contributed by atoms with Crippen LogP contribution in [-0.2, 0) is 11.3 Å². The Hall–Kier alpha value is -1.98. The first-order chi connectivity index (χ1) is 7.71. The van der Waals surface area contributed by atoms with Crippen molar-refractivity contribution >= 4 is 11.9 Å². The Balaban J connectivity index is 2.56. The van der Waals surface area contributed by atoms with E-state index in [1.54, 1.807) is 26.2 Å². The number of esters is 1. The maximum atomic E-state index is 11.1. The molecule has 0 spiro atoms. The molecule has 0 aromatic carbocycles. The topological polar surface area (TPSA) is 75.9 Å². The summed E-state index contributed by atoms with van der Waals surface area (Å²) in [5.74, 6) is 0.996. The van der Waals surface area contributed by atoms with E-state index in [-0.39, 0.29) is 5.76 Å². The molecule has 16 heavy (non-hydrogen) atoms. The number of ether oxygens (including phenoxy) is 1. The zero-order valence-electron chi connectivity index (χ0n) is 9.53. The highest BCUT2D eigenvalue weighted by molar-refractivity contribution is 5.86. The minimum Gasteiger partial charge on any atom is -0.463 e. The van der Waals surface area contributed by atoms with Gasteiger partial charge < -0.3 is 19.8 Å². The molecule has 0 radical (unpaired) electrons. The van der Waals surface area contributed by atoms with E-state index in [1.165, 1.54) is 7.11 Å². The normalized spacial score (nSPS) is 11.1. The molecule has 88 valence electrons. The van der Waals surface area contributed by atoms with Gasteiger partial charge in [-0.1, -0.05) is 0 Å². The molecule has 0 fully saturated rings. The Morgan fingerprint density at radius 2 is 2.31 bits per heavy atom. The number of carbonyl (C=O) groups excluding carboxylic acids is 1. The van der Waals surface area contributed by atoms with Gasteiger partial charge in [0.2, 0.25) is 5.76 Å². The van der Waals surface area contributed by atoms with Gasteiger partial charge in [0.25, 0.3) is 0 Å². The van der Waals surface area contributed by atoms with Crippen LogP contribution in [0, 0.1) is 0 Å². The lowest BCUT2D eigenvalue weighted by molar-refractivity contribution is 0.0563. The van der Waals surface area contributed by atoms with Gasteiger partial charge in [-0.3, -0.25) is 4.99 Å². The first-order valence-corrected chi connectivity index (χ1v) is 4.76. The first-order valence-electron chi connectivity index (χ1n) is 4.76. The molecule has 1 aromatic rings. The number of hydrogen-bond donors (Lipinski definition) is 2. The maximum Gasteiger partial charge on any atom is 0.373 e. The van der Waals surface area contributed by atoms with Crippen LogP contribution in [0.1, 0.15) is 16.3 Å². The molecule has 0 saturated carbocycles. The Morgan fingerprint density at radius 3 is 2.88 bits per heavy atom. The summed E-state index contributed by atoms with van der Waals surface area (Å²) < 4.78 is 9.78. The standard InChI is InChI=1S/C10H15N3O3/c1-11-10(12-2)13-6-7-4-5-8(16-7)9(14)15-3/h4-5H,6H2,1-3H3,(H2,11,12,13). The third-order valence-electron chi connectivity index (χ3n) is 1.94. The minimum absolute atomic E-state index is 0.193. The Bertz CT molecular complexity index is 384. The summed E-state index contributed by atoms with van der Waals surface area (Å²) in [6.45, 7) is 0.449. The van der Waals surface area contributed by atoms with E-state index in [2.05, 4.69) is 20.4 Å². The monoisotopic (exact) mass is 225 g/mol. The second kappa shape index (κ2) is 5.79. The lowest BCUT2D eigenvalue weighted by Gasteiger charge is -2.05. The van der Waals surface area contributed by atoms with Crippen LogP contribution >= 0.6 is 0 Å². The largest absolute Gasteiger partial charge is 0.463 e. The van der Waals surface area contributed by atoms with Crippen LogP contribution in [0.2, 0.25) is 0 Å². The molecule has 6 nitrogen and oxygen atoms in total. The summed E-state index contributed by atoms with van der Waals surface area (Å²) in [6.07, 6.45) is 0. The summed E-state index contributed by atoms with van der Waals surface area (Å²) in [6, 6.07) is 3.28. The third kappa shape index (κ3) is 3.01. The van der Waals surface area contributed by atoms with Crippen LogP contribution in [0.5, 0.6) is 0 Å². The van der Waals surface area contributed by atoms with Crippen molar-refractivity contribution in [2.45, 2.75) is 6.54 Å². The van der Waals surface area contributed by atoms with E-state index in [9.17, 15) is 4.79 Å². The van der Waals surface area contributed by atoms with Gasteiger partial charge in [0.05, 0.1) is 13.7 Å². The summed E-state index contributed by atoms with van der Waals surface area (Å²) in [7, 11) is 4.74. The number of nitrogens with zero attached hydrogens (tertiary/aromatic N) is 1. The molecule has 1 rings (SSSR count). The molecule has 0 atom stereocenters. The quantitative estimate of drug-likeness (QED) is 0.441. The van der Waals surface area contributed by atoms with Crippen molar-refractivity contribution < 1.29 is 13.9 Å². The van der Waals surface area contributed by atoms with Crippen molar-refractivity contribution in [3.63, 3.8) is 0 Å². The number of rotatable bonds is 3. The predicted octanol–water partition coefficient (Wildman–Crippen LogP) is 0.361. The van der Waals surface area contributed by atoms with Gasteiger partial charge in [-0.2, -0.15) is 0 Å². The van der Waals surface area contributed by atoms with E-state index in [0.29, 0.717) is 18.3 Å². The van der Waals surface area contributed by atoms with Crippen molar-refractivity contribution in [3.05, 3.63) is 23.7 Å². The summed E-state index contributed by atoms with van der Waals surface area (Å²) in [4.78, 5) is 15.0. The number of nitrogens with one attached hydrogen (secondary N) is 2. The zero-order valence-corrected chi connectivity index (χ0v) is 9.53. The summed E-state index contributed by atoms with van der Waals surface area (Å²) >= 11 is 0. The van der Waals surface area contributed by atoms with Crippen LogP contribution in [0.4, 0.5) is 0 Å². The highest BCUT2D eigenvalue weighted by Gasteiger charge is 2.10. The van der Waals surface area contributed by atoms with Crippen molar-refractivity contribution in [2.24, 2.45) is 4.99 Å². The molecule has 0 aliphatic carbocycles. The first kappa shape index (κ1) is 12.1. The predicted molar refractivity (Wildman–Crippen MR) is 59.3 cm³/mol. The van der Waals surface area contributed by atoms with Crippen LogP contribution in [0.15, 0.2) is 21.5 Å². The number of carbonyl (C=O) groups is 1. The second-order valence-corrected chi connectivity index (χ2v) is 2.93. The molecule has 0 unspecified atom stereocenters. The van der Waals surface area contributed by atoms with E-state index in [4.69, 9.17) is 4.42 Å². The van der Waals surface area contributed by atoms with Gasteiger partial charge >= 0.3 is 5.97 Å². The molecule has 0 amide bonds. The lowest BCUT2D eigenvalue weighted by atomic mass is 10.4. The number of hydrogen-bond acceptors (Lipinski definition) is 4. The number of methoxy groups -OCH3 is 1. The van der Waals surface area contributed by atoms with Crippen LogP contribution in [-0.4, -0.2) is 33.1 Å². The highest BCUT2D eigenvalue weighted by Crippen LogP contribution is 2.08. The fourth-order valence-corrected chi connectivity index (χ4v) is 1.13. The Kier molecular flexibility index (Phi) is 4.38.